The molecule has 0 saturated carbocycles. The van der Waals surface area contributed by atoms with Crippen LogP contribution in [0, 0.1) is 0 Å². The number of methoxy groups -OCH3 is 1. The number of hydrogen-bond acceptors (Lipinski definition) is 4. The van der Waals surface area contributed by atoms with E-state index in [-0.39, 0.29) is 5.91 Å². The van der Waals surface area contributed by atoms with Crippen LogP contribution in [0.5, 0.6) is 11.5 Å². The number of carbonyl (C=O) groups excluding carboxylic acids is 1. The molecular weight excluding hydrogens is 306 g/mol. The van der Waals surface area contributed by atoms with E-state index in [1.165, 1.54) is 0 Å². The highest BCUT2D eigenvalue weighted by Gasteiger charge is 2.05. The summed E-state index contributed by atoms with van der Waals surface area (Å²) in [4.78, 5) is 12.0. The molecule has 2 aromatic carbocycles. The van der Waals surface area contributed by atoms with Crippen molar-refractivity contribution in [3.8, 4) is 11.5 Å². The summed E-state index contributed by atoms with van der Waals surface area (Å²) in [5.41, 5.74) is 0.607. The topological polar surface area (TPSA) is 56.8 Å². The van der Waals surface area contributed by atoms with Crippen LogP contribution in [0.4, 0.5) is 0 Å². The van der Waals surface area contributed by atoms with Crippen LogP contribution in [0.15, 0.2) is 54.6 Å². The second-order valence-corrected chi connectivity index (χ2v) is 5.15. The van der Waals surface area contributed by atoms with Crippen molar-refractivity contribution >= 4 is 5.91 Å². The molecule has 0 aliphatic heterocycles. The zero-order valence-corrected chi connectivity index (χ0v) is 13.9. The third-order valence-corrected chi connectivity index (χ3v) is 3.28. The molecular formula is C19H23NO4. The van der Waals surface area contributed by atoms with Crippen LogP contribution in [0.3, 0.4) is 0 Å². The predicted molar refractivity (Wildman–Crippen MR) is 92.6 cm³/mol. The lowest BCUT2D eigenvalue weighted by molar-refractivity contribution is 0.0688. The summed E-state index contributed by atoms with van der Waals surface area (Å²) in [6, 6.07) is 16.6. The minimum Gasteiger partial charge on any atom is -0.457 e. The summed E-state index contributed by atoms with van der Waals surface area (Å²) in [7, 11) is 1.64. The van der Waals surface area contributed by atoms with Gasteiger partial charge in [-0.2, -0.15) is 0 Å². The van der Waals surface area contributed by atoms with Crippen LogP contribution in [0.2, 0.25) is 0 Å². The first-order chi connectivity index (χ1) is 11.8. The number of amides is 1. The van der Waals surface area contributed by atoms with E-state index < -0.39 is 0 Å². The van der Waals surface area contributed by atoms with Crippen LogP contribution in [0.1, 0.15) is 16.8 Å². The SMILES string of the molecule is COCCOCCCNC(=O)c1ccc(Oc2ccccc2)cc1. The fourth-order valence-electron chi connectivity index (χ4n) is 2.02. The molecule has 0 aromatic heterocycles. The number of nitrogens with one attached hydrogen (secondary N) is 1. The van der Waals surface area contributed by atoms with E-state index in [2.05, 4.69) is 5.32 Å². The van der Waals surface area contributed by atoms with Crippen molar-refractivity contribution < 1.29 is 19.0 Å². The normalized spacial score (nSPS) is 10.4. The van der Waals surface area contributed by atoms with Crippen molar-refractivity contribution in [3.05, 3.63) is 60.2 Å². The van der Waals surface area contributed by atoms with Gasteiger partial charge in [-0.1, -0.05) is 18.2 Å². The molecule has 2 rings (SSSR count). The van der Waals surface area contributed by atoms with Crippen molar-refractivity contribution in [3.63, 3.8) is 0 Å². The Balaban J connectivity index is 1.71. The number of carbonyl (C=O) groups is 1. The van der Waals surface area contributed by atoms with Crippen molar-refractivity contribution in [1.82, 2.24) is 5.32 Å². The first-order valence-electron chi connectivity index (χ1n) is 7.97. The second kappa shape index (κ2) is 10.4. The first kappa shape index (κ1) is 18.0. The number of hydrogen-bond donors (Lipinski definition) is 1. The van der Waals surface area contributed by atoms with Crippen LogP contribution < -0.4 is 10.1 Å². The Morgan fingerprint density at radius 1 is 0.917 bits per heavy atom. The van der Waals surface area contributed by atoms with Gasteiger partial charge in [-0.05, 0) is 42.8 Å². The van der Waals surface area contributed by atoms with Crippen LogP contribution in [-0.4, -0.2) is 39.4 Å². The third kappa shape index (κ3) is 6.40. The van der Waals surface area contributed by atoms with E-state index in [0.29, 0.717) is 37.7 Å². The molecule has 2 aromatic rings. The summed E-state index contributed by atoms with van der Waals surface area (Å²) in [5.74, 6) is 1.37. The highest BCUT2D eigenvalue weighted by molar-refractivity contribution is 5.94. The number of ether oxygens (including phenoxy) is 3. The van der Waals surface area contributed by atoms with E-state index in [0.717, 1.165) is 12.2 Å². The fourth-order valence-corrected chi connectivity index (χ4v) is 2.02. The van der Waals surface area contributed by atoms with Gasteiger partial charge in [0, 0.05) is 25.8 Å². The molecule has 1 N–H and O–H groups in total. The maximum atomic E-state index is 12.0. The van der Waals surface area contributed by atoms with Crippen molar-refractivity contribution in [2.75, 3.05) is 33.5 Å². The molecule has 0 atom stereocenters. The predicted octanol–water partition coefficient (Wildman–Crippen LogP) is 3.26. The van der Waals surface area contributed by atoms with Gasteiger partial charge in [0.05, 0.1) is 13.2 Å². The molecule has 0 bridgehead atoms. The van der Waals surface area contributed by atoms with Crippen molar-refractivity contribution in [1.29, 1.82) is 0 Å². The molecule has 0 heterocycles. The third-order valence-electron chi connectivity index (χ3n) is 3.28. The molecule has 0 radical (unpaired) electrons. The van der Waals surface area contributed by atoms with Gasteiger partial charge in [0.1, 0.15) is 11.5 Å². The lowest BCUT2D eigenvalue weighted by atomic mass is 10.2. The minimum atomic E-state index is -0.0989. The molecule has 0 aliphatic carbocycles. The maximum absolute atomic E-state index is 12.0. The first-order valence-corrected chi connectivity index (χ1v) is 7.97. The maximum Gasteiger partial charge on any atom is 0.251 e. The summed E-state index contributed by atoms with van der Waals surface area (Å²) >= 11 is 0. The standard InChI is InChI=1S/C19H23NO4/c1-22-14-15-23-13-5-12-20-19(21)16-8-10-18(11-9-16)24-17-6-3-2-4-7-17/h2-4,6-11H,5,12-15H2,1H3,(H,20,21). The molecule has 0 fully saturated rings. The Kier molecular flexibility index (Phi) is 7.80. The minimum absolute atomic E-state index is 0.0989. The molecule has 0 saturated heterocycles. The zero-order valence-electron chi connectivity index (χ0n) is 13.9. The highest BCUT2D eigenvalue weighted by Crippen LogP contribution is 2.21. The van der Waals surface area contributed by atoms with Gasteiger partial charge in [-0.25, -0.2) is 0 Å². The van der Waals surface area contributed by atoms with Crippen LogP contribution in [-0.2, 0) is 9.47 Å². The molecule has 5 heteroatoms. The zero-order chi connectivity index (χ0) is 17.0. The lowest BCUT2D eigenvalue weighted by Crippen LogP contribution is -2.25. The summed E-state index contributed by atoms with van der Waals surface area (Å²) in [6.45, 7) is 2.35. The highest BCUT2D eigenvalue weighted by atomic mass is 16.5. The fraction of sp³-hybridized carbons (Fsp3) is 0.316. The van der Waals surface area contributed by atoms with E-state index in [1.54, 1.807) is 31.4 Å². The summed E-state index contributed by atoms with van der Waals surface area (Å²) in [5, 5.41) is 2.87. The van der Waals surface area contributed by atoms with Crippen LogP contribution >= 0.6 is 0 Å². The molecule has 1 amide bonds. The Labute approximate surface area is 142 Å². The van der Waals surface area contributed by atoms with Gasteiger partial charge in [-0.3, -0.25) is 4.79 Å². The molecule has 0 unspecified atom stereocenters. The van der Waals surface area contributed by atoms with Gasteiger partial charge in [-0.15, -0.1) is 0 Å². The quantitative estimate of drug-likeness (QED) is 0.680. The second-order valence-electron chi connectivity index (χ2n) is 5.15. The van der Waals surface area contributed by atoms with Gasteiger partial charge >= 0.3 is 0 Å². The van der Waals surface area contributed by atoms with Crippen LogP contribution in [0.25, 0.3) is 0 Å². The molecule has 24 heavy (non-hydrogen) atoms. The Morgan fingerprint density at radius 2 is 1.62 bits per heavy atom. The Morgan fingerprint density at radius 3 is 2.33 bits per heavy atom. The van der Waals surface area contributed by atoms with E-state index in [4.69, 9.17) is 14.2 Å². The van der Waals surface area contributed by atoms with E-state index in [1.807, 2.05) is 30.3 Å². The van der Waals surface area contributed by atoms with Gasteiger partial charge < -0.3 is 19.5 Å². The van der Waals surface area contributed by atoms with E-state index >= 15 is 0 Å². The molecule has 0 spiro atoms. The summed E-state index contributed by atoms with van der Waals surface area (Å²) in [6.07, 6.45) is 0.769. The Hall–Kier alpha value is -2.37. The van der Waals surface area contributed by atoms with Gasteiger partial charge in [0.15, 0.2) is 0 Å². The van der Waals surface area contributed by atoms with Gasteiger partial charge in [0.25, 0.3) is 5.91 Å². The number of benzene rings is 2. The Bertz CT molecular complexity index is 599. The number of rotatable bonds is 10. The molecule has 5 nitrogen and oxygen atoms in total. The molecule has 128 valence electrons. The molecule has 0 aliphatic rings. The van der Waals surface area contributed by atoms with Crippen molar-refractivity contribution in [2.24, 2.45) is 0 Å². The largest absolute Gasteiger partial charge is 0.457 e. The monoisotopic (exact) mass is 329 g/mol. The lowest BCUT2D eigenvalue weighted by Gasteiger charge is -2.08. The number of para-hydroxylation sites is 1. The van der Waals surface area contributed by atoms with Crippen molar-refractivity contribution in [2.45, 2.75) is 6.42 Å². The van der Waals surface area contributed by atoms with E-state index in [9.17, 15) is 4.79 Å². The summed E-state index contributed by atoms with van der Waals surface area (Å²) < 4.78 is 15.9. The van der Waals surface area contributed by atoms with Gasteiger partial charge in [0.2, 0.25) is 0 Å². The smallest absolute Gasteiger partial charge is 0.251 e. The average Bonchev–Trinajstić information content (AvgIpc) is 2.62. The average molecular weight is 329 g/mol.